The van der Waals surface area contributed by atoms with E-state index in [0.29, 0.717) is 49.3 Å². The lowest BCUT2D eigenvalue weighted by Gasteiger charge is -2.32. The van der Waals surface area contributed by atoms with Gasteiger partial charge in [0.25, 0.3) is 0 Å². The topological polar surface area (TPSA) is 148 Å². The Morgan fingerprint density at radius 2 is 1.68 bits per heavy atom. The Morgan fingerprint density at radius 3 is 2.23 bits per heavy atom. The second-order valence-electron chi connectivity index (χ2n) is 7.75. The van der Waals surface area contributed by atoms with Gasteiger partial charge in [-0.1, -0.05) is 0 Å². The van der Waals surface area contributed by atoms with Gasteiger partial charge in [0.1, 0.15) is 4.90 Å². The minimum Gasteiger partial charge on any atom is -0.354 e. The molecule has 0 bridgehead atoms. The van der Waals surface area contributed by atoms with Crippen molar-refractivity contribution in [2.75, 3.05) is 23.7 Å². The maximum atomic E-state index is 12.7. The first kappa shape index (κ1) is 23.3. The molecule has 0 radical (unpaired) electrons. The van der Waals surface area contributed by atoms with Crippen molar-refractivity contribution in [1.82, 2.24) is 24.7 Å². The maximum Gasteiger partial charge on any atom is 0.242 e. The van der Waals surface area contributed by atoms with Gasteiger partial charge in [-0.05, 0) is 64.5 Å². The van der Waals surface area contributed by atoms with Crippen LogP contribution in [0.15, 0.2) is 23.2 Å². The molecule has 0 aliphatic heterocycles. The van der Waals surface area contributed by atoms with Gasteiger partial charge in [-0.15, -0.1) is 0 Å². The van der Waals surface area contributed by atoms with Gasteiger partial charge in [0.15, 0.2) is 5.82 Å². The van der Waals surface area contributed by atoms with Gasteiger partial charge >= 0.3 is 0 Å². The Labute approximate surface area is 183 Å². The molecule has 2 aromatic rings. The van der Waals surface area contributed by atoms with Crippen LogP contribution in [0, 0.1) is 12.8 Å². The molecule has 3 rings (SSSR count). The summed E-state index contributed by atoms with van der Waals surface area (Å²) >= 11 is 0. The number of aromatic nitrogens is 4. The van der Waals surface area contributed by atoms with E-state index in [0.717, 1.165) is 12.8 Å². The molecule has 1 atom stereocenters. The molecule has 1 saturated carbocycles. The van der Waals surface area contributed by atoms with E-state index in [-0.39, 0.29) is 22.9 Å². The van der Waals surface area contributed by atoms with Crippen molar-refractivity contribution in [3.05, 3.63) is 29.8 Å². The Bertz CT molecular complexity index is 953. The Kier molecular flexibility index (Phi) is 7.74. The van der Waals surface area contributed by atoms with Crippen molar-refractivity contribution >= 4 is 21.9 Å². The maximum absolute atomic E-state index is 12.7. The number of sulfonamides is 1. The van der Waals surface area contributed by atoms with Crippen LogP contribution in [0.2, 0.25) is 0 Å². The molecular weight excluding hydrogens is 416 g/mol. The third-order valence-electron chi connectivity index (χ3n) is 5.47. The normalized spacial score (nSPS) is 20.3. The summed E-state index contributed by atoms with van der Waals surface area (Å²) in [6.07, 6.45) is 4.59. The third kappa shape index (κ3) is 5.86. The molecule has 0 saturated heterocycles. The highest BCUT2D eigenvalue weighted by molar-refractivity contribution is 7.89. The van der Waals surface area contributed by atoms with Crippen molar-refractivity contribution in [2.24, 2.45) is 11.7 Å². The molecule has 0 spiro atoms. The van der Waals surface area contributed by atoms with Crippen molar-refractivity contribution in [2.45, 2.75) is 63.4 Å². The van der Waals surface area contributed by atoms with Gasteiger partial charge in [0, 0.05) is 25.3 Å². The van der Waals surface area contributed by atoms with Crippen LogP contribution in [0.1, 0.15) is 57.1 Å². The van der Waals surface area contributed by atoms with E-state index in [2.05, 4.69) is 35.3 Å². The molecule has 1 aliphatic rings. The first-order chi connectivity index (χ1) is 14.8. The first-order valence-corrected chi connectivity index (χ1v) is 12.3. The van der Waals surface area contributed by atoms with Gasteiger partial charge in [-0.25, -0.2) is 13.1 Å². The molecule has 2 heterocycles. The van der Waals surface area contributed by atoms with Gasteiger partial charge in [0.2, 0.25) is 21.9 Å². The lowest BCUT2D eigenvalue weighted by atomic mass is 9.82. The summed E-state index contributed by atoms with van der Waals surface area (Å²) in [4.78, 5) is 17.6. The summed E-state index contributed by atoms with van der Waals surface area (Å²) in [5, 5.41) is 6.24. The molecule has 1 unspecified atom stereocenters. The highest BCUT2D eigenvalue weighted by Crippen LogP contribution is 2.33. The second-order valence-corrected chi connectivity index (χ2v) is 9.43. The van der Waals surface area contributed by atoms with Crippen LogP contribution in [-0.4, -0.2) is 47.5 Å². The fourth-order valence-electron chi connectivity index (χ4n) is 3.86. The van der Waals surface area contributed by atoms with Crippen LogP contribution >= 0.6 is 0 Å². The first-order valence-electron chi connectivity index (χ1n) is 10.8. The van der Waals surface area contributed by atoms with E-state index >= 15 is 0 Å². The lowest BCUT2D eigenvalue weighted by molar-refractivity contribution is 0.269. The highest BCUT2D eigenvalue weighted by Gasteiger charge is 2.31. The zero-order chi connectivity index (χ0) is 22.4. The average molecular weight is 449 g/mol. The van der Waals surface area contributed by atoms with E-state index in [1.54, 1.807) is 25.3 Å². The van der Waals surface area contributed by atoms with Crippen molar-refractivity contribution in [3.8, 4) is 0 Å². The van der Waals surface area contributed by atoms with E-state index in [9.17, 15) is 8.42 Å². The van der Waals surface area contributed by atoms with Gasteiger partial charge in [-0.2, -0.15) is 15.0 Å². The summed E-state index contributed by atoms with van der Waals surface area (Å²) in [7, 11) is -3.60. The van der Waals surface area contributed by atoms with Crippen LogP contribution < -0.4 is 21.1 Å². The standard InChI is InChI=1S/C20H32N8O2S/c1-4-22-19-25-18(26-20(27-19)23-5-2)17(21)14-8-10-15(11-9-14)28-31(29,30)16-7-6-12-24-13(16)3/h6-7,12,14-15,17,28H,4-5,8-11,21H2,1-3H3,(H2,22,23,25,26,27). The zero-order valence-electron chi connectivity index (χ0n) is 18.3. The number of aryl methyl sites for hydroxylation is 1. The molecule has 31 heavy (non-hydrogen) atoms. The molecule has 11 heteroatoms. The number of anilines is 2. The quantitative estimate of drug-likeness (QED) is 0.452. The van der Waals surface area contributed by atoms with Crippen LogP contribution in [0.3, 0.4) is 0 Å². The summed E-state index contributed by atoms with van der Waals surface area (Å²) in [6.45, 7) is 7.05. The second kappa shape index (κ2) is 10.3. The Balaban J connectivity index is 1.65. The lowest BCUT2D eigenvalue weighted by Crippen LogP contribution is -2.39. The Morgan fingerprint density at radius 1 is 1.06 bits per heavy atom. The number of hydrogen-bond donors (Lipinski definition) is 4. The van der Waals surface area contributed by atoms with E-state index in [4.69, 9.17) is 5.73 Å². The SMILES string of the molecule is CCNc1nc(NCC)nc(C(N)C2CCC(NS(=O)(=O)c3cccnc3C)CC2)n1. The summed E-state index contributed by atoms with van der Waals surface area (Å²) in [5.41, 5.74) is 7.02. The van der Waals surface area contributed by atoms with Crippen LogP contribution in [-0.2, 0) is 10.0 Å². The van der Waals surface area contributed by atoms with Crippen molar-refractivity contribution in [1.29, 1.82) is 0 Å². The fraction of sp³-hybridized carbons (Fsp3) is 0.600. The number of rotatable bonds is 9. The monoisotopic (exact) mass is 448 g/mol. The highest BCUT2D eigenvalue weighted by atomic mass is 32.2. The zero-order valence-corrected chi connectivity index (χ0v) is 19.1. The van der Waals surface area contributed by atoms with E-state index < -0.39 is 10.0 Å². The third-order valence-corrected chi connectivity index (χ3v) is 7.12. The minimum absolute atomic E-state index is 0.124. The van der Waals surface area contributed by atoms with Gasteiger partial charge in [0.05, 0.1) is 11.7 Å². The largest absolute Gasteiger partial charge is 0.354 e. The molecule has 10 nitrogen and oxygen atoms in total. The predicted molar refractivity (Wildman–Crippen MR) is 120 cm³/mol. The van der Waals surface area contributed by atoms with Gasteiger partial charge in [-0.3, -0.25) is 4.98 Å². The van der Waals surface area contributed by atoms with Crippen LogP contribution in [0.4, 0.5) is 11.9 Å². The summed E-state index contributed by atoms with van der Waals surface area (Å²) in [5.74, 6) is 1.74. The number of nitrogens with zero attached hydrogens (tertiary/aromatic N) is 4. The van der Waals surface area contributed by atoms with Crippen LogP contribution in [0.25, 0.3) is 0 Å². The number of nitrogens with two attached hydrogens (primary N) is 1. The predicted octanol–water partition coefficient (Wildman–Crippen LogP) is 1.98. The molecule has 170 valence electrons. The van der Waals surface area contributed by atoms with E-state index in [1.165, 1.54) is 0 Å². The van der Waals surface area contributed by atoms with Crippen molar-refractivity contribution < 1.29 is 8.42 Å². The minimum atomic E-state index is -3.60. The molecule has 0 amide bonds. The average Bonchev–Trinajstić information content (AvgIpc) is 2.74. The van der Waals surface area contributed by atoms with Crippen LogP contribution in [0.5, 0.6) is 0 Å². The molecule has 1 fully saturated rings. The van der Waals surface area contributed by atoms with Gasteiger partial charge < -0.3 is 16.4 Å². The fourth-order valence-corrected chi connectivity index (χ4v) is 5.36. The van der Waals surface area contributed by atoms with E-state index in [1.807, 2.05) is 13.8 Å². The smallest absolute Gasteiger partial charge is 0.242 e. The molecule has 1 aliphatic carbocycles. The molecule has 0 aromatic carbocycles. The Hall–Kier alpha value is -2.37. The molecular formula is C20H32N8O2S. The number of hydrogen-bond acceptors (Lipinski definition) is 9. The molecule has 2 aromatic heterocycles. The summed E-state index contributed by atoms with van der Waals surface area (Å²) < 4.78 is 28.3. The number of nitrogens with one attached hydrogen (secondary N) is 3. The summed E-state index contributed by atoms with van der Waals surface area (Å²) in [6, 6.07) is 2.75. The van der Waals surface area contributed by atoms with Crippen molar-refractivity contribution in [3.63, 3.8) is 0 Å². The molecule has 5 N–H and O–H groups in total. The number of pyridine rings is 1.